The van der Waals surface area contributed by atoms with E-state index in [4.69, 9.17) is 10.5 Å². The van der Waals surface area contributed by atoms with Crippen molar-refractivity contribution < 1.29 is 4.74 Å². The molecule has 1 aromatic carbocycles. The lowest BCUT2D eigenvalue weighted by Crippen LogP contribution is -1.98. The lowest BCUT2D eigenvalue weighted by molar-refractivity contribution is 0.415. The summed E-state index contributed by atoms with van der Waals surface area (Å²) < 4.78 is 8.01. The van der Waals surface area contributed by atoms with Gasteiger partial charge < -0.3 is 10.5 Å². The minimum absolute atomic E-state index is 0.479. The van der Waals surface area contributed by atoms with E-state index in [1.807, 2.05) is 13.1 Å². The zero-order valence-electron chi connectivity index (χ0n) is 10.9. The van der Waals surface area contributed by atoms with Crippen molar-refractivity contribution in [2.75, 3.05) is 12.8 Å². The third kappa shape index (κ3) is 1.99. The predicted octanol–water partition coefficient (Wildman–Crippen LogP) is 3.06. The first-order valence-corrected chi connectivity index (χ1v) is 6.38. The monoisotopic (exact) mass is 309 g/mol. The van der Waals surface area contributed by atoms with Gasteiger partial charge in [-0.3, -0.25) is 4.68 Å². The van der Waals surface area contributed by atoms with Crippen molar-refractivity contribution in [2.45, 2.75) is 13.8 Å². The van der Waals surface area contributed by atoms with Crippen molar-refractivity contribution in [2.24, 2.45) is 7.05 Å². The summed E-state index contributed by atoms with van der Waals surface area (Å²) >= 11 is 3.48. The summed E-state index contributed by atoms with van der Waals surface area (Å²) in [5.74, 6) is 1.30. The minimum Gasteiger partial charge on any atom is -0.496 e. The molecule has 0 radical (unpaired) electrons. The molecular weight excluding hydrogens is 294 g/mol. The Morgan fingerprint density at radius 1 is 1.28 bits per heavy atom. The molecule has 0 aliphatic carbocycles. The van der Waals surface area contributed by atoms with Crippen LogP contribution in [0.25, 0.3) is 11.3 Å². The van der Waals surface area contributed by atoms with Gasteiger partial charge in [0.2, 0.25) is 0 Å². The largest absolute Gasteiger partial charge is 0.496 e. The second-order valence-corrected chi connectivity index (χ2v) is 5.10. The summed E-state index contributed by atoms with van der Waals surface area (Å²) in [6, 6.07) is 4.12. The van der Waals surface area contributed by atoms with Crippen molar-refractivity contribution in [1.82, 2.24) is 9.78 Å². The normalized spacial score (nSPS) is 10.7. The minimum atomic E-state index is 0.479. The van der Waals surface area contributed by atoms with Crippen LogP contribution in [0.15, 0.2) is 16.6 Å². The summed E-state index contributed by atoms with van der Waals surface area (Å²) in [4.78, 5) is 0. The Morgan fingerprint density at radius 2 is 1.89 bits per heavy atom. The van der Waals surface area contributed by atoms with Crippen LogP contribution in [0.2, 0.25) is 0 Å². The van der Waals surface area contributed by atoms with E-state index in [1.54, 1.807) is 11.8 Å². The third-order valence-corrected chi connectivity index (χ3v) is 3.87. The number of aryl methyl sites for hydroxylation is 3. The summed E-state index contributed by atoms with van der Waals surface area (Å²) in [5, 5.41) is 4.21. The second-order valence-electron chi connectivity index (χ2n) is 4.31. The highest BCUT2D eigenvalue weighted by atomic mass is 79.9. The number of nitrogens with two attached hydrogens (primary N) is 1. The smallest absolute Gasteiger partial charge is 0.160 e. The number of nitrogens with zero attached hydrogens (tertiary/aromatic N) is 2. The number of rotatable bonds is 2. The molecule has 1 aromatic heterocycles. The number of hydrogen-bond donors (Lipinski definition) is 1. The van der Waals surface area contributed by atoms with Gasteiger partial charge >= 0.3 is 0 Å². The van der Waals surface area contributed by atoms with Gasteiger partial charge in [0.15, 0.2) is 5.82 Å². The highest BCUT2D eigenvalue weighted by Gasteiger charge is 2.18. The van der Waals surface area contributed by atoms with E-state index in [0.717, 1.165) is 21.5 Å². The number of aromatic nitrogens is 2. The number of nitrogen functional groups attached to an aromatic ring is 1. The molecule has 0 aliphatic rings. The average Bonchev–Trinajstić information content (AvgIpc) is 2.57. The second kappa shape index (κ2) is 4.65. The molecule has 5 heteroatoms. The van der Waals surface area contributed by atoms with Crippen LogP contribution < -0.4 is 10.5 Å². The first kappa shape index (κ1) is 13.0. The van der Waals surface area contributed by atoms with E-state index in [2.05, 4.69) is 40.9 Å². The van der Waals surface area contributed by atoms with E-state index in [1.165, 1.54) is 11.1 Å². The average molecular weight is 310 g/mol. The number of anilines is 1. The zero-order chi connectivity index (χ0) is 13.4. The fourth-order valence-electron chi connectivity index (χ4n) is 1.96. The van der Waals surface area contributed by atoms with Crippen LogP contribution in [0.3, 0.4) is 0 Å². The van der Waals surface area contributed by atoms with Gasteiger partial charge in [0.25, 0.3) is 0 Å². The Balaban J connectivity index is 2.74. The topological polar surface area (TPSA) is 53.1 Å². The molecule has 0 fully saturated rings. The van der Waals surface area contributed by atoms with Crippen LogP contribution in [-0.2, 0) is 7.05 Å². The molecule has 0 unspecified atom stereocenters. The van der Waals surface area contributed by atoms with E-state index in [9.17, 15) is 0 Å². The predicted molar refractivity (Wildman–Crippen MR) is 76.8 cm³/mol. The quantitative estimate of drug-likeness (QED) is 0.927. The molecule has 0 atom stereocenters. The molecule has 0 bridgehead atoms. The van der Waals surface area contributed by atoms with E-state index >= 15 is 0 Å². The first-order valence-electron chi connectivity index (χ1n) is 5.59. The lowest BCUT2D eigenvalue weighted by Gasteiger charge is -2.12. The fourth-order valence-corrected chi connectivity index (χ4v) is 2.50. The summed E-state index contributed by atoms with van der Waals surface area (Å²) in [5.41, 5.74) is 10.1. The van der Waals surface area contributed by atoms with Crippen molar-refractivity contribution >= 4 is 21.7 Å². The molecule has 96 valence electrons. The van der Waals surface area contributed by atoms with Gasteiger partial charge in [0.1, 0.15) is 5.75 Å². The van der Waals surface area contributed by atoms with Gasteiger partial charge in [-0.1, -0.05) is 0 Å². The maximum absolute atomic E-state index is 5.82. The molecule has 2 aromatic rings. The Bertz CT molecular complexity index is 605. The number of ether oxygens (including phenoxy) is 1. The Kier molecular flexibility index (Phi) is 3.34. The van der Waals surface area contributed by atoms with Crippen LogP contribution in [0, 0.1) is 13.8 Å². The third-order valence-electron chi connectivity index (χ3n) is 3.09. The highest BCUT2D eigenvalue weighted by molar-refractivity contribution is 9.10. The maximum atomic E-state index is 5.82. The molecule has 4 nitrogen and oxygen atoms in total. The first-order chi connectivity index (χ1) is 8.45. The van der Waals surface area contributed by atoms with Crippen LogP contribution >= 0.6 is 15.9 Å². The number of hydrogen-bond acceptors (Lipinski definition) is 3. The maximum Gasteiger partial charge on any atom is 0.160 e. The molecule has 18 heavy (non-hydrogen) atoms. The Hall–Kier alpha value is -1.49. The molecule has 2 rings (SSSR count). The molecule has 0 aliphatic heterocycles. The van der Waals surface area contributed by atoms with Crippen LogP contribution in [0.5, 0.6) is 5.75 Å². The standard InChI is InChI=1S/C13H16BrN3O/c1-7-5-9(10(18-4)6-8(7)2)12-11(14)13(15)16-17(12)3/h5-6H,1-4H3,(H2,15,16). The van der Waals surface area contributed by atoms with Crippen LogP contribution in [0.4, 0.5) is 5.82 Å². The number of methoxy groups -OCH3 is 1. The van der Waals surface area contributed by atoms with Crippen molar-refractivity contribution in [3.8, 4) is 17.0 Å². The van der Waals surface area contributed by atoms with Crippen molar-refractivity contribution in [1.29, 1.82) is 0 Å². The van der Waals surface area contributed by atoms with E-state index in [0.29, 0.717) is 5.82 Å². The zero-order valence-corrected chi connectivity index (χ0v) is 12.5. The van der Waals surface area contributed by atoms with Gasteiger partial charge in [-0.15, -0.1) is 0 Å². The molecule has 2 N–H and O–H groups in total. The molecule has 0 spiro atoms. The summed E-state index contributed by atoms with van der Waals surface area (Å²) in [6.45, 7) is 4.14. The molecule has 0 saturated heterocycles. The molecule has 0 amide bonds. The van der Waals surface area contributed by atoms with Gasteiger partial charge in [0, 0.05) is 12.6 Å². The highest BCUT2D eigenvalue weighted by Crippen LogP contribution is 2.38. The van der Waals surface area contributed by atoms with E-state index in [-0.39, 0.29) is 0 Å². The number of halogens is 1. The Labute approximate surface area is 115 Å². The van der Waals surface area contributed by atoms with Crippen LogP contribution in [-0.4, -0.2) is 16.9 Å². The molecule has 1 heterocycles. The van der Waals surface area contributed by atoms with Crippen molar-refractivity contribution in [3.63, 3.8) is 0 Å². The van der Waals surface area contributed by atoms with Gasteiger partial charge in [-0.05, 0) is 53.0 Å². The fraction of sp³-hybridized carbons (Fsp3) is 0.308. The van der Waals surface area contributed by atoms with E-state index < -0.39 is 0 Å². The lowest BCUT2D eigenvalue weighted by atomic mass is 10.0. The Morgan fingerprint density at radius 3 is 2.39 bits per heavy atom. The SMILES string of the molecule is COc1cc(C)c(C)cc1-c1c(Br)c(N)nn1C. The molecular formula is C13H16BrN3O. The van der Waals surface area contributed by atoms with Gasteiger partial charge in [-0.2, -0.15) is 5.10 Å². The molecule has 0 saturated carbocycles. The van der Waals surface area contributed by atoms with Gasteiger partial charge in [0.05, 0.1) is 17.3 Å². The van der Waals surface area contributed by atoms with Crippen molar-refractivity contribution in [3.05, 3.63) is 27.7 Å². The van der Waals surface area contributed by atoms with Gasteiger partial charge in [-0.25, -0.2) is 0 Å². The van der Waals surface area contributed by atoms with Crippen LogP contribution in [0.1, 0.15) is 11.1 Å². The summed E-state index contributed by atoms with van der Waals surface area (Å²) in [6.07, 6.45) is 0. The number of benzene rings is 1. The summed E-state index contributed by atoms with van der Waals surface area (Å²) in [7, 11) is 3.53.